The van der Waals surface area contributed by atoms with Gasteiger partial charge in [-0.3, -0.25) is 4.55 Å². The van der Waals surface area contributed by atoms with E-state index in [1.54, 1.807) is 25.1 Å². The number of nitrogens with zero attached hydrogens (tertiary/aromatic N) is 2. The lowest BCUT2D eigenvalue weighted by Crippen LogP contribution is -2.30. The van der Waals surface area contributed by atoms with Crippen molar-refractivity contribution in [3.05, 3.63) is 83.9 Å². The lowest BCUT2D eigenvalue weighted by Gasteiger charge is -2.23. The van der Waals surface area contributed by atoms with Crippen molar-refractivity contribution in [3.8, 4) is 11.5 Å². The molecule has 4 rings (SSSR count). The minimum Gasteiger partial charge on any atom is -0.454 e. The monoisotopic (exact) mass is 516 g/mol. The summed E-state index contributed by atoms with van der Waals surface area (Å²) in [5.41, 5.74) is 1.58. The average Bonchev–Trinajstić information content (AvgIpc) is 3.32. The van der Waals surface area contributed by atoms with E-state index in [4.69, 9.17) is 9.47 Å². The number of sulfonamides is 1. The summed E-state index contributed by atoms with van der Waals surface area (Å²) >= 11 is 0. The minimum atomic E-state index is -3.95. The molecule has 8 nitrogen and oxygen atoms in total. The Morgan fingerprint density at radius 2 is 1.51 bits per heavy atom. The summed E-state index contributed by atoms with van der Waals surface area (Å²) in [5.74, 6) is 1.20. The SMILES string of the molecule is CC[C@@H](C)N=S(=O)(O)c1ccc(S(=O)(=O)N(Cc2ccccc2)Cc2ccc3c(c2)OCO3)cc1. The van der Waals surface area contributed by atoms with Crippen molar-refractivity contribution < 1.29 is 26.7 Å². The van der Waals surface area contributed by atoms with Gasteiger partial charge in [0.1, 0.15) is 0 Å². The Bertz CT molecular complexity index is 1400. The third-order valence-electron chi connectivity index (χ3n) is 5.68. The number of hydrogen-bond donors (Lipinski definition) is 1. The van der Waals surface area contributed by atoms with Gasteiger partial charge in [-0.05, 0) is 60.9 Å². The maximum Gasteiger partial charge on any atom is 0.243 e. The number of hydrogen-bond acceptors (Lipinski definition) is 6. The van der Waals surface area contributed by atoms with E-state index in [2.05, 4.69) is 4.36 Å². The first-order chi connectivity index (χ1) is 16.7. The molecule has 1 aliphatic rings. The normalized spacial score (nSPS) is 15.5. The zero-order chi connectivity index (χ0) is 25.1. The first-order valence-corrected chi connectivity index (χ1v) is 14.1. The molecule has 1 heterocycles. The van der Waals surface area contributed by atoms with E-state index in [0.717, 1.165) is 11.1 Å². The van der Waals surface area contributed by atoms with Crippen molar-refractivity contribution in [1.82, 2.24) is 4.31 Å². The molecule has 3 aromatic carbocycles. The van der Waals surface area contributed by atoms with E-state index in [-0.39, 0.29) is 35.7 Å². The van der Waals surface area contributed by atoms with Crippen LogP contribution in [-0.2, 0) is 33.1 Å². The molecule has 0 aromatic heterocycles. The highest BCUT2D eigenvalue weighted by molar-refractivity contribution is 7.89. The summed E-state index contributed by atoms with van der Waals surface area (Å²) in [6.45, 7) is 4.02. The Morgan fingerprint density at radius 1 is 0.886 bits per heavy atom. The second-order valence-corrected chi connectivity index (χ2v) is 11.9. The summed E-state index contributed by atoms with van der Waals surface area (Å²) in [5, 5.41) is 0. The van der Waals surface area contributed by atoms with Crippen molar-refractivity contribution in [2.75, 3.05) is 6.79 Å². The Balaban J connectivity index is 1.66. The smallest absolute Gasteiger partial charge is 0.243 e. The van der Waals surface area contributed by atoms with Gasteiger partial charge in [0.15, 0.2) is 21.5 Å². The quantitative estimate of drug-likeness (QED) is 0.433. The molecule has 1 aliphatic heterocycles. The largest absolute Gasteiger partial charge is 0.454 e. The van der Waals surface area contributed by atoms with Crippen LogP contribution >= 0.6 is 0 Å². The molecule has 2 atom stereocenters. The van der Waals surface area contributed by atoms with Gasteiger partial charge < -0.3 is 9.47 Å². The predicted octanol–water partition coefficient (Wildman–Crippen LogP) is 4.90. The van der Waals surface area contributed by atoms with E-state index in [0.29, 0.717) is 17.9 Å². The molecule has 0 spiro atoms. The van der Waals surface area contributed by atoms with Crippen molar-refractivity contribution in [1.29, 1.82) is 0 Å². The molecule has 186 valence electrons. The molecule has 0 amide bonds. The zero-order valence-electron chi connectivity index (χ0n) is 19.5. The summed E-state index contributed by atoms with van der Waals surface area (Å²) < 4.78 is 66.4. The molecule has 1 N–H and O–H groups in total. The summed E-state index contributed by atoms with van der Waals surface area (Å²) in [4.78, 5) is 0.0961. The summed E-state index contributed by atoms with van der Waals surface area (Å²) in [6, 6.07) is 19.8. The fourth-order valence-corrected chi connectivity index (χ4v) is 6.24. The van der Waals surface area contributed by atoms with Crippen LogP contribution in [0.15, 0.2) is 87.0 Å². The molecule has 0 radical (unpaired) electrons. The average molecular weight is 517 g/mol. The molecule has 0 aliphatic carbocycles. The van der Waals surface area contributed by atoms with E-state index < -0.39 is 20.0 Å². The first-order valence-electron chi connectivity index (χ1n) is 11.2. The highest BCUT2D eigenvalue weighted by Crippen LogP contribution is 2.33. The zero-order valence-corrected chi connectivity index (χ0v) is 21.2. The molecule has 10 heteroatoms. The topological polar surface area (TPSA) is 105 Å². The first kappa shape index (κ1) is 25.2. The molecule has 35 heavy (non-hydrogen) atoms. The van der Waals surface area contributed by atoms with Crippen LogP contribution < -0.4 is 9.47 Å². The summed E-state index contributed by atoms with van der Waals surface area (Å²) in [7, 11) is -7.56. The van der Waals surface area contributed by atoms with Gasteiger partial charge in [-0.15, -0.1) is 0 Å². The standard InChI is InChI=1S/C25H28N2O6S2/c1-3-19(2)26-34(28,29)22-10-12-23(13-11-22)35(30,31)27(16-20-7-5-4-6-8-20)17-21-9-14-24-25(15-21)33-18-32-24/h4-15,19H,3,16-18H2,1-2H3,(H,26,28,29)/t19-/m1/s1. The molecular weight excluding hydrogens is 488 g/mol. The van der Waals surface area contributed by atoms with Gasteiger partial charge in [-0.25, -0.2) is 17.0 Å². The van der Waals surface area contributed by atoms with Crippen molar-refractivity contribution in [3.63, 3.8) is 0 Å². The van der Waals surface area contributed by atoms with E-state index in [1.165, 1.54) is 28.6 Å². The number of ether oxygens (including phenoxy) is 2. The van der Waals surface area contributed by atoms with Gasteiger partial charge in [0, 0.05) is 13.1 Å². The van der Waals surface area contributed by atoms with Crippen LogP contribution in [0.1, 0.15) is 31.4 Å². The lowest BCUT2D eigenvalue weighted by atomic mass is 10.2. The van der Waals surface area contributed by atoms with Crippen LogP contribution in [0.5, 0.6) is 11.5 Å². The second-order valence-electron chi connectivity index (χ2n) is 8.28. The maximum atomic E-state index is 13.7. The van der Waals surface area contributed by atoms with Gasteiger partial charge in [0.25, 0.3) is 0 Å². The highest BCUT2D eigenvalue weighted by atomic mass is 32.2. The Kier molecular flexibility index (Phi) is 7.46. The molecule has 0 saturated heterocycles. The molecule has 1 unspecified atom stereocenters. The number of fused-ring (bicyclic) bond motifs is 1. The second kappa shape index (κ2) is 10.4. The third kappa shape index (κ3) is 5.84. The Labute approximate surface area is 206 Å². The van der Waals surface area contributed by atoms with E-state index in [9.17, 15) is 17.2 Å². The predicted molar refractivity (Wildman–Crippen MR) is 133 cm³/mol. The number of rotatable bonds is 9. The van der Waals surface area contributed by atoms with E-state index in [1.807, 2.05) is 37.3 Å². The molecular formula is C25H28N2O6S2. The molecule has 3 aromatic rings. The lowest BCUT2D eigenvalue weighted by molar-refractivity contribution is 0.174. The van der Waals surface area contributed by atoms with Gasteiger partial charge >= 0.3 is 0 Å². The Hall–Kier alpha value is -2.92. The molecule has 0 fully saturated rings. The van der Waals surface area contributed by atoms with Crippen LogP contribution in [-0.4, -0.2) is 34.3 Å². The third-order valence-corrected chi connectivity index (χ3v) is 9.02. The maximum absolute atomic E-state index is 13.7. The van der Waals surface area contributed by atoms with Gasteiger partial charge in [0.2, 0.25) is 16.8 Å². The fourth-order valence-electron chi connectivity index (χ4n) is 3.57. The Morgan fingerprint density at radius 3 is 2.20 bits per heavy atom. The van der Waals surface area contributed by atoms with Crippen molar-refractivity contribution in [2.45, 2.75) is 49.2 Å². The van der Waals surface area contributed by atoms with Gasteiger partial charge in [-0.1, -0.05) is 43.3 Å². The van der Waals surface area contributed by atoms with Gasteiger partial charge in [0.05, 0.1) is 15.8 Å². The van der Waals surface area contributed by atoms with Crippen LogP contribution in [0.25, 0.3) is 0 Å². The molecule has 0 saturated carbocycles. The number of benzene rings is 3. The highest BCUT2D eigenvalue weighted by Gasteiger charge is 2.26. The fraction of sp³-hybridized carbons (Fsp3) is 0.280. The van der Waals surface area contributed by atoms with Crippen molar-refractivity contribution >= 4 is 20.0 Å². The van der Waals surface area contributed by atoms with E-state index >= 15 is 0 Å². The van der Waals surface area contributed by atoms with Gasteiger partial charge in [-0.2, -0.15) is 4.31 Å². The summed E-state index contributed by atoms with van der Waals surface area (Å²) in [6.07, 6.45) is 0.623. The minimum absolute atomic E-state index is 0.0247. The van der Waals surface area contributed by atoms with Crippen LogP contribution in [0.4, 0.5) is 0 Å². The van der Waals surface area contributed by atoms with Crippen LogP contribution in [0.3, 0.4) is 0 Å². The molecule has 0 bridgehead atoms. The van der Waals surface area contributed by atoms with Crippen LogP contribution in [0, 0.1) is 0 Å². The van der Waals surface area contributed by atoms with Crippen molar-refractivity contribution in [2.24, 2.45) is 4.36 Å². The van der Waals surface area contributed by atoms with Crippen LogP contribution in [0.2, 0.25) is 0 Å².